The molecule has 1 aliphatic carbocycles. The molecule has 1 N–H and O–H groups in total. The number of nitrogens with one attached hydrogen (secondary N) is 1. The van der Waals surface area contributed by atoms with Crippen molar-refractivity contribution in [3.05, 3.63) is 24.3 Å². The average Bonchev–Trinajstić information content (AvgIpc) is 2.85. The van der Waals surface area contributed by atoms with Gasteiger partial charge in [0, 0.05) is 19.1 Å². The molecular formula is C17H26N2O. The topological polar surface area (TPSA) is 24.5 Å². The summed E-state index contributed by atoms with van der Waals surface area (Å²) in [5, 5.41) is 3.49. The van der Waals surface area contributed by atoms with Crippen LogP contribution in [0.3, 0.4) is 0 Å². The first-order chi connectivity index (χ1) is 9.88. The minimum atomic E-state index is 0.730. The Bertz CT molecular complexity index is 435. The summed E-state index contributed by atoms with van der Waals surface area (Å²) in [4.78, 5) is 2.52. The van der Waals surface area contributed by atoms with Crippen molar-refractivity contribution >= 4 is 5.69 Å². The van der Waals surface area contributed by atoms with Gasteiger partial charge in [0.15, 0.2) is 0 Å². The van der Waals surface area contributed by atoms with Gasteiger partial charge < -0.3 is 15.0 Å². The van der Waals surface area contributed by atoms with Crippen molar-refractivity contribution in [1.82, 2.24) is 5.32 Å². The van der Waals surface area contributed by atoms with E-state index in [1.54, 1.807) is 0 Å². The normalized spacial score (nSPS) is 25.9. The number of hydrogen-bond donors (Lipinski definition) is 1. The predicted molar refractivity (Wildman–Crippen MR) is 83.6 cm³/mol. The Hall–Kier alpha value is -1.22. The van der Waals surface area contributed by atoms with E-state index in [-0.39, 0.29) is 0 Å². The second-order valence-corrected chi connectivity index (χ2v) is 6.03. The third-order valence-electron chi connectivity index (χ3n) is 4.84. The van der Waals surface area contributed by atoms with Gasteiger partial charge in [-0.15, -0.1) is 0 Å². The lowest BCUT2D eigenvalue weighted by atomic mass is 9.99. The van der Waals surface area contributed by atoms with Crippen LogP contribution in [0.2, 0.25) is 0 Å². The molecule has 2 atom stereocenters. The van der Waals surface area contributed by atoms with Crippen LogP contribution in [0.1, 0.15) is 32.1 Å². The Morgan fingerprint density at radius 3 is 3.05 bits per heavy atom. The van der Waals surface area contributed by atoms with Crippen LogP contribution in [0.25, 0.3) is 0 Å². The minimum absolute atomic E-state index is 0.730. The number of hydrogen-bond acceptors (Lipinski definition) is 3. The van der Waals surface area contributed by atoms with E-state index in [1.807, 2.05) is 0 Å². The molecule has 0 radical (unpaired) electrons. The number of rotatable bonds is 4. The molecule has 0 spiro atoms. The Kier molecular flexibility index (Phi) is 4.46. The van der Waals surface area contributed by atoms with Gasteiger partial charge in [-0.25, -0.2) is 0 Å². The summed E-state index contributed by atoms with van der Waals surface area (Å²) >= 11 is 0. The molecule has 3 heteroatoms. The summed E-state index contributed by atoms with van der Waals surface area (Å²) in [6.07, 6.45) is 6.53. The monoisotopic (exact) mass is 274 g/mol. The summed E-state index contributed by atoms with van der Waals surface area (Å²) in [5.74, 6) is 1.90. The van der Waals surface area contributed by atoms with Crippen molar-refractivity contribution in [3.63, 3.8) is 0 Å². The molecule has 110 valence electrons. The number of nitrogens with zero attached hydrogens (tertiary/aromatic N) is 1. The molecule has 1 aliphatic heterocycles. The third-order valence-corrected chi connectivity index (χ3v) is 4.84. The third kappa shape index (κ3) is 2.93. The lowest BCUT2D eigenvalue weighted by molar-refractivity contribution is 0.322. The van der Waals surface area contributed by atoms with Crippen LogP contribution in [-0.2, 0) is 0 Å². The first kappa shape index (κ1) is 13.7. The standard InChI is InChI=1S/C17H26N2O/c1-18-15-7-4-6-14(15)10-12-19-11-5-13-20-17-9-3-2-8-16(17)19/h2-3,8-9,14-15,18H,4-7,10-13H2,1H3. The maximum atomic E-state index is 5.84. The van der Waals surface area contributed by atoms with Crippen molar-refractivity contribution in [2.75, 3.05) is 31.6 Å². The molecule has 0 amide bonds. The van der Waals surface area contributed by atoms with Crippen molar-refractivity contribution in [3.8, 4) is 5.75 Å². The van der Waals surface area contributed by atoms with Gasteiger partial charge in [-0.1, -0.05) is 18.6 Å². The number of benzene rings is 1. The smallest absolute Gasteiger partial charge is 0.142 e. The van der Waals surface area contributed by atoms with Crippen LogP contribution >= 0.6 is 0 Å². The Balaban J connectivity index is 1.65. The fourth-order valence-corrected chi connectivity index (χ4v) is 3.71. The molecule has 1 saturated carbocycles. The van der Waals surface area contributed by atoms with Gasteiger partial charge in [-0.05, 0) is 50.8 Å². The minimum Gasteiger partial charge on any atom is -0.491 e. The summed E-state index contributed by atoms with van der Waals surface area (Å²) in [7, 11) is 2.11. The molecule has 1 aromatic rings. The Labute approximate surface area is 122 Å². The van der Waals surface area contributed by atoms with E-state index in [9.17, 15) is 0 Å². The summed E-state index contributed by atoms with van der Waals surface area (Å²) < 4.78 is 5.84. The van der Waals surface area contributed by atoms with Crippen LogP contribution in [0.5, 0.6) is 5.75 Å². The first-order valence-electron chi connectivity index (χ1n) is 8.02. The van der Waals surface area contributed by atoms with Crippen molar-refractivity contribution < 1.29 is 4.74 Å². The molecule has 2 unspecified atom stereocenters. The zero-order valence-electron chi connectivity index (χ0n) is 12.5. The summed E-state index contributed by atoms with van der Waals surface area (Å²) in [6.45, 7) is 3.12. The van der Waals surface area contributed by atoms with Gasteiger partial charge in [-0.3, -0.25) is 0 Å². The molecular weight excluding hydrogens is 248 g/mol. The predicted octanol–water partition coefficient (Wildman–Crippen LogP) is 3.05. The fraction of sp³-hybridized carbons (Fsp3) is 0.647. The second kappa shape index (κ2) is 6.49. The molecule has 0 bridgehead atoms. The number of para-hydroxylation sites is 2. The van der Waals surface area contributed by atoms with E-state index in [0.29, 0.717) is 0 Å². The van der Waals surface area contributed by atoms with E-state index < -0.39 is 0 Å². The van der Waals surface area contributed by atoms with E-state index in [0.717, 1.165) is 43.8 Å². The molecule has 1 aromatic carbocycles. The van der Waals surface area contributed by atoms with Gasteiger partial charge in [0.25, 0.3) is 0 Å². The summed E-state index contributed by atoms with van der Waals surface area (Å²) in [5.41, 5.74) is 1.28. The highest BCUT2D eigenvalue weighted by molar-refractivity contribution is 5.58. The maximum Gasteiger partial charge on any atom is 0.142 e. The van der Waals surface area contributed by atoms with Crippen LogP contribution < -0.4 is 15.0 Å². The molecule has 0 saturated heterocycles. The highest BCUT2D eigenvalue weighted by atomic mass is 16.5. The Morgan fingerprint density at radius 2 is 2.15 bits per heavy atom. The van der Waals surface area contributed by atoms with E-state index >= 15 is 0 Å². The van der Waals surface area contributed by atoms with Crippen molar-refractivity contribution in [2.24, 2.45) is 5.92 Å². The van der Waals surface area contributed by atoms with E-state index in [1.165, 1.54) is 31.4 Å². The SMILES string of the molecule is CNC1CCCC1CCN1CCCOc2ccccc21. The fourth-order valence-electron chi connectivity index (χ4n) is 3.71. The number of anilines is 1. The van der Waals surface area contributed by atoms with Gasteiger partial charge in [0.2, 0.25) is 0 Å². The lowest BCUT2D eigenvalue weighted by Crippen LogP contribution is -2.33. The van der Waals surface area contributed by atoms with Crippen LogP contribution in [0.4, 0.5) is 5.69 Å². The molecule has 2 aliphatic rings. The molecule has 3 nitrogen and oxygen atoms in total. The van der Waals surface area contributed by atoms with Gasteiger partial charge in [-0.2, -0.15) is 0 Å². The lowest BCUT2D eigenvalue weighted by Gasteiger charge is -2.27. The van der Waals surface area contributed by atoms with Gasteiger partial charge in [0.05, 0.1) is 12.3 Å². The van der Waals surface area contributed by atoms with Gasteiger partial charge in [0.1, 0.15) is 5.75 Å². The second-order valence-electron chi connectivity index (χ2n) is 6.03. The zero-order valence-corrected chi connectivity index (χ0v) is 12.5. The van der Waals surface area contributed by atoms with Crippen LogP contribution in [0.15, 0.2) is 24.3 Å². The first-order valence-corrected chi connectivity index (χ1v) is 8.02. The molecule has 1 fully saturated rings. The molecule has 20 heavy (non-hydrogen) atoms. The summed E-state index contributed by atoms with van der Waals surface area (Å²) in [6, 6.07) is 9.21. The average molecular weight is 274 g/mol. The largest absolute Gasteiger partial charge is 0.491 e. The quantitative estimate of drug-likeness (QED) is 0.913. The molecule has 0 aromatic heterocycles. The highest BCUT2D eigenvalue weighted by Crippen LogP contribution is 2.33. The zero-order chi connectivity index (χ0) is 13.8. The molecule has 3 rings (SSSR count). The van der Waals surface area contributed by atoms with E-state index in [2.05, 4.69) is 41.5 Å². The Morgan fingerprint density at radius 1 is 1.25 bits per heavy atom. The van der Waals surface area contributed by atoms with Crippen molar-refractivity contribution in [2.45, 2.75) is 38.1 Å². The number of ether oxygens (including phenoxy) is 1. The van der Waals surface area contributed by atoms with Crippen LogP contribution in [0, 0.1) is 5.92 Å². The highest BCUT2D eigenvalue weighted by Gasteiger charge is 2.26. The van der Waals surface area contributed by atoms with Crippen LogP contribution in [-0.4, -0.2) is 32.8 Å². The van der Waals surface area contributed by atoms with E-state index in [4.69, 9.17) is 4.74 Å². The van der Waals surface area contributed by atoms with Gasteiger partial charge >= 0.3 is 0 Å². The molecule has 1 heterocycles. The number of fused-ring (bicyclic) bond motifs is 1. The van der Waals surface area contributed by atoms with Crippen molar-refractivity contribution in [1.29, 1.82) is 0 Å². The maximum absolute atomic E-state index is 5.84.